The van der Waals surface area contributed by atoms with E-state index in [1.54, 1.807) is 0 Å². The van der Waals surface area contributed by atoms with E-state index in [0.717, 1.165) is 23.6 Å². The second-order valence-corrected chi connectivity index (χ2v) is 11.8. The zero-order chi connectivity index (χ0) is 31.4. The maximum atomic E-state index is 2.40. The highest BCUT2D eigenvalue weighted by Gasteiger charge is 2.16. The molecule has 47 heavy (non-hydrogen) atoms. The molecule has 0 bridgehead atoms. The number of rotatable bonds is 8. The fraction of sp³-hybridized carbons (Fsp3) is 0.0222. The Kier molecular flexibility index (Phi) is 7.67. The predicted molar refractivity (Wildman–Crippen MR) is 200 cm³/mol. The molecule has 224 valence electrons. The largest absolute Gasteiger partial charge is 0.337 e. The molecule has 0 fully saturated rings. The van der Waals surface area contributed by atoms with Crippen molar-refractivity contribution in [3.8, 4) is 11.1 Å². The van der Waals surface area contributed by atoms with E-state index >= 15 is 0 Å². The summed E-state index contributed by atoms with van der Waals surface area (Å²) in [5, 5.41) is 5.02. The molecule has 0 spiro atoms. The first-order chi connectivity index (χ1) is 23.3. The van der Waals surface area contributed by atoms with Gasteiger partial charge in [-0.3, -0.25) is 0 Å². The van der Waals surface area contributed by atoms with Crippen LogP contribution in [0.3, 0.4) is 0 Å². The molecule has 0 aromatic heterocycles. The minimum atomic E-state index is 0.781. The maximum Gasteiger partial charge on any atom is 0.0540 e. The number of fused-ring (bicyclic) bond motifs is 2. The molecular weight excluding hydrogens is 569 g/mol. The second kappa shape index (κ2) is 12.7. The van der Waals surface area contributed by atoms with Crippen molar-refractivity contribution in [3.05, 3.63) is 200 Å². The summed E-state index contributed by atoms with van der Waals surface area (Å²) < 4.78 is 0. The Balaban J connectivity index is 1.12. The third-order valence-corrected chi connectivity index (χ3v) is 8.94. The Labute approximate surface area is 276 Å². The first-order valence-corrected chi connectivity index (χ1v) is 16.1. The van der Waals surface area contributed by atoms with Crippen LogP contribution in [0, 0.1) is 0 Å². The Morgan fingerprint density at radius 2 is 0.766 bits per heavy atom. The van der Waals surface area contributed by atoms with Crippen molar-refractivity contribution in [1.82, 2.24) is 0 Å². The molecule has 0 aliphatic heterocycles. The molecule has 0 heterocycles. The van der Waals surface area contributed by atoms with Crippen LogP contribution < -0.4 is 9.80 Å². The number of nitrogens with zero attached hydrogens (tertiary/aromatic N) is 2. The van der Waals surface area contributed by atoms with E-state index in [0.29, 0.717) is 0 Å². The van der Waals surface area contributed by atoms with Crippen molar-refractivity contribution >= 4 is 50.0 Å². The summed E-state index contributed by atoms with van der Waals surface area (Å²) >= 11 is 0. The first-order valence-electron chi connectivity index (χ1n) is 16.1. The van der Waals surface area contributed by atoms with Crippen molar-refractivity contribution < 1.29 is 0 Å². The standard InChI is InChI=1S/C45H34N2/c1-3-18-39(19-4-1)46(33-38-17-11-15-36-13-7-9-22-43(36)38)40-29-25-34(26-30-40)35-27-31-42(32-28-35)47(41-20-5-2-6-21-41)45-24-12-16-37-14-8-10-23-44(37)45/h1-32H,33H2. The van der Waals surface area contributed by atoms with Crippen LogP contribution >= 0.6 is 0 Å². The van der Waals surface area contributed by atoms with E-state index in [2.05, 4.69) is 204 Å². The number of anilines is 5. The SMILES string of the molecule is c1ccc(N(Cc2cccc3ccccc23)c2ccc(-c3ccc(N(c4ccccc4)c4cccc5ccccc45)cc3)cc2)cc1. The highest BCUT2D eigenvalue weighted by molar-refractivity contribution is 5.99. The van der Waals surface area contributed by atoms with Gasteiger partial charge in [-0.2, -0.15) is 0 Å². The van der Waals surface area contributed by atoms with Crippen LogP contribution in [-0.2, 0) is 6.54 Å². The lowest BCUT2D eigenvalue weighted by atomic mass is 10.0. The van der Waals surface area contributed by atoms with Gasteiger partial charge in [0.2, 0.25) is 0 Å². The Bertz CT molecular complexity index is 2250. The van der Waals surface area contributed by atoms with Gasteiger partial charge in [-0.15, -0.1) is 0 Å². The molecule has 0 radical (unpaired) electrons. The van der Waals surface area contributed by atoms with Gasteiger partial charge in [-0.25, -0.2) is 0 Å². The van der Waals surface area contributed by atoms with E-state index in [1.165, 1.54) is 49.6 Å². The van der Waals surface area contributed by atoms with Gasteiger partial charge in [-0.1, -0.05) is 140 Å². The summed E-state index contributed by atoms with van der Waals surface area (Å²) in [6.45, 7) is 0.781. The molecule has 8 aromatic carbocycles. The van der Waals surface area contributed by atoms with Gasteiger partial charge in [-0.05, 0) is 87.4 Å². The van der Waals surface area contributed by atoms with Crippen molar-refractivity contribution in [2.75, 3.05) is 9.80 Å². The lowest BCUT2D eigenvalue weighted by molar-refractivity contribution is 0.984. The third kappa shape index (κ3) is 5.74. The number of hydrogen-bond donors (Lipinski definition) is 0. The highest BCUT2D eigenvalue weighted by atomic mass is 15.1. The van der Waals surface area contributed by atoms with Gasteiger partial charge in [0, 0.05) is 34.7 Å². The van der Waals surface area contributed by atoms with Crippen LogP contribution in [0.4, 0.5) is 28.4 Å². The van der Waals surface area contributed by atoms with Crippen molar-refractivity contribution in [3.63, 3.8) is 0 Å². The van der Waals surface area contributed by atoms with E-state index in [9.17, 15) is 0 Å². The predicted octanol–water partition coefficient (Wildman–Crippen LogP) is 12.5. The zero-order valence-corrected chi connectivity index (χ0v) is 26.1. The van der Waals surface area contributed by atoms with Crippen LogP contribution in [0.1, 0.15) is 5.56 Å². The molecule has 0 aliphatic carbocycles. The zero-order valence-electron chi connectivity index (χ0n) is 26.1. The summed E-state index contributed by atoms with van der Waals surface area (Å²) in [5.41, 5.74) is 9.44. The molecule has 0 aliphatic rings. The van der Waals surface area contributed by atoms with Crippen LogP contribution in [0.25, 0.3) is 32.7 Å². The van der Waals surface area contributed by atoms with E-state index < -0.39 is 0 Å². The lowest BCUT2D eigenvalue weighted by Gasteiger charge is -2.27. The third-order valence-electron chi connectivity index (χ3n) is 8.94. The van der Waals surface area contributed by atoms with Crippen molar-refractivity contribution in [1.29, 1.82) is 0 Å². The normalized spacial score (nSPS) is 11.1. The summed E-state index contributed by atoms with van der Waals surface area (Å²) in [4.78, 5) is 4.75. The topological polar surface area (TPSA) is 6.48 Å². The number of hydrogen-bond acceptors (Lipinski definition) is 2. The summed E-state index contributed by atoms with van der Waals surface area (Å²) in [7, 11) is 0. The number of benzene rings is 8. The molecule has 8 rings (SSSR count). The molecule has 0 saturated heterocycles. The smallest absolute Gasteiger partial charge is 0.0540 e. The molecule has 8 aromatic rings. The molecule has 2 heteroatoms. The molecule has 0 amide bonds. The lowest BCUT2D eigenvalue weighted by Crippen LogP contribution is -2.16. The summed E-state index contributed by atoms with van der Waals surface area (Å²) in [6, 6.07) is 69.5. The Morgan fingerprint density at radius 1 is 0.319 bits per heavy atom. The fourth-order valence-corrected chi connectivity index (χ4v) is 6.58. The van der Waals surface area contributed by atoms with Crippen LogP contribution in [0.15, 0.2) is 194 Å². The molecule has 0 atom stereocenters. The summed E-state index contributed by atoms with van der Waals surface area (Å²) in [6.07, 6.45) is 0. The van der Waals surface area contributed by atoms with E-state index in [1.807, 2.05) is 0 Å². The summed E-state index contributed by atoms with van der Waals surface area (Å²) in [5.74, 6) is 0. The molecule has 0 saturated carbocycles. The van der Waals surface area contributed by atoms with Gasteiger partial charge in [0.05, 0.1) is 5.69 Å². The van der Waals surface area contributed by atoms with Crippen molar-refractivity contribution in [2.45, 2.75) is 6.54 Å². The van der Waals surface area contributed by atoms with Crippen molar-refractivity contribution in [2.24, 2.45) is 0 Å². The highest BCUT2D eigenvalue weighted by Crippen LogP contribution is 2.39. The fourth-order valence-electron chi connectivity index (χ4n) is 6.58. The molecule has 0 unspecified atom stereocenters. The van der Waals surface area contributed by atoms with Gasteiger partial charge < -0.3 is 9.80 Å². The maximum absolute atomic E-state index is 2.40. The van der Waals surface area contributed by atoms with E-state index in [-0.39, 0.29) is 0 Å². The quantitative estimate of drug-likeness (QED) is 0.171. The van der Waals surface area contributed by atoms with Gasteiger partial charge in [0.15, 0.2) is 0 Å². The van der Waals surface area contributed by atoms with Gasteiger partial charge in [0.25, 0.3) is 0 Å². The Hall–Kier alpha value is -6.12. The minimum absolute atomic E-state index is 0.781. The molecular formula is C45H34N2. The van der Waals surface area contributed by atoms with E-state index in [4.69, 9.17) is 0 Å². The minimum Gasteiger partial charge on any atom is -0.337 e. The van der Waals surface area contributed by atoms with Crippen LogP contribution in [0.2, 0.25) is 0 Å². The average molecular weight is 603 g/mol. The van der Waals surface area contributed by atoms with Gasteiger partial charge >= 0.3 is 0 Å². The van der Waals surface area contributed by atoms with Crippen LogP contribution in [-0.4, -0.2) is 0 Å². The average Bonchev–Trinajstić information content (AvgIpc) is 3.15. The molecule has 2 nitrogen and oxygen atoms in total. The van der Waals surface area contributed by atoms with Crippen LogP contribution in [0.5, 0.6) is 0 Å². The van der Waals surface area contributed by atoms with Gasteiger partial charge in [0.1, 0.15) is 0 Å². The monoisotopic (exact) mass is 602 g/mol. The Morgan fingerprint density at radius 3 is 1.43 bits per heavy atom. The number of para-hydroxylation sites is 2. The first kappa shape index (κ1) is 28.4. The second-order valence-electron chi connectivity index (χ2n) is 11.8. The molecule has 0 N–H and O–H groups in total.